The largest absolute Gasteiger partial charge is 0.497 e. The fourth-order valence-corrected chi connectivity index (χ4v) is 2.85. The van der Waals surface area contributed by atoms with E-state index in [0.29, 0.717) is 34.3 Å². The molecular weight excluding hydrogens is 382 g/mol. The molecule has 0 spiro atoms. The molecular formula is C24H19NO5. The highest BCUT2D eigenvalue weighted by Crippen LogP contribution is 2.27. The van der Waals surface area contributed by atoms with Gasteiger partial charge in [0.2, 0.25) is 0 Å². The van der Waals surface area contributed by atoms with Crippen molar-refractivity contribution in [2.75, 3.05) is 7.11 Å². The summed E-state index contributed by atoms with van der Waals surface area (Å²) in [6.45, 7) is -0.0219. The van der Waals surface area contributed by atoms with Crippen molar-refractivity contribution in [2.45, 2.75) is 6.61 Å². The molecule has 1 heterocycles. The second-order valence-electron chi connectivity index (χ2n) is 6.40. The van der Waals surface area contributed by atoms with Gasteiger partial charge in [0.05, 0.1) is 7.11 Å². The Kier molecular flexibility index (Phi) is 5.75. The Bertz CT molecular complexity index is 1140. The molecule has 4 rings (SSSR count). The molecule has 6 nitrogen and oxygen atoms in total. The average Bonchev–Trinajstić information content (AvgIpc) is 3.28. The predicted molar refractivity (Wildman–Crippen MR) is 111 cm³/mol. The third-order valence-electron chi connectivity index (χ3n) is 4.34. The lowest BCUT2D eigenvalue weighted by molar-refractivity contribution is 0.0461. The second-order valence-corrected chi connectivity index (χ2v) is 6.40. The lowest BCUT2D eigenvalue weighted by atomic mass is 10.1. The van der Waals surface area contributed by atoms with E-state index in [9.17, 15) is 4.79 Å². The maximum Gasteiger partial charge on any atom is 0.342 e. The lowest BCUT2D eigenvalue weighted by Gasteiger charge is -2.10. The summed E-state index contributed by atoms with van der Waals surface area (Å²) in [5, 5.41) is 3.98. The maximum absolute atomic E-state index is 12.6. The van der Waals surface area contributed by atoms with Gasteiger partial charge in [-0.2, -0.15) is 0 Å². The predicted octanol–water partition coefficient (Wildman–Crippen LogP) is 5.50. The van der Waals surface area contributed by atoms with Crippen molar-refractivity contribution in [3.63, 3.8) is 0 Å². The van der Waals surface area contributed by atoms with Gasteiger partial charge in [-0.3, -0.25) is 0 Å². The molecule has 3 aromatic carbocycles. The highest BCUT2D eigenvalue weighted by molar-refractivity contribution is 5.92. The van der Waals surface area contributed by atoms with Crippen LogP contribution >= 0.6 is 0 Å². The molecule has 0 aliphatic rings. The number of carbonyl (C=O) groups excluding carboxylic acids is 1. The van der Waals surface area contributed by atoms with Gasteiger partial charge in [0, 0.05) is 11.6 Å². The Morgan fingerprint density at radius 1 is 0.900 bits per heavy atom. The monoisotopic (exact) mass is 401 g/mol. The van der Waals surface area contributed by atoms with Crippen LogP contribution in [-0.4, -0.2) is 18.2 Å². The number of benzene rings is 3. The standard InChI is InChI=1S/C24H19NO5/c1-27-20-11-7-8-17(14-20)23-15-18(25-30-23)16-28-24(26)21-12-5-6-13-22(21)29-19-9-3-2-4-10-19/h2-15H,16H2,1H3. The van der Waals surface area contributed by atoms with Crippen LogP contribution < -0.4 is 9.47 Å². The Morgan fingerprint density at radius 3 is 2.50 bits per heavy atom. The van der Waals surface area contributed by atoms with Crippen molar-refractivity contribution in [3.8, 4) is 28.6 Å². The number of rotatable bonds is 7. The minimum absolute atomic E-state index is 0.0219. The first-order chi connectivity index (χ1) is 14.7. The van der Waals surface area contributed by atoms with E-state index < -0.39 is 5.97 Å². The van der Waals surface area contributed by atoms with Gasteiger partial charge in [0.25, 0.3) is 0 Å². The zero-order valence-corrected chi connectivity index (χ0v) is 16.3. The van der Waals surface area contributed by atoms with Gasteiger partial charge < -0.3 is 18.7 Å². The van der Waals surface area contributed by atoms with Gasteiger partial charge in [-0.1, -0.05) is 47.6 Å². The van der Waals surface area contributed by atoms with Crippen molar-refractivity contribution in [2.24, 2.45) is 0 Å². The Balaban J connectivity index is 1.44. The van der Waals surface area contributed by atoms with Crippen molar-refractivity contribution in [3.05, 3.63) is 96.2 Å². The highest BCUT2D eigenvalue weighted by Gasteiger charge is 2.16. The van der Waals surface area contributed by atoms with Crippen molar-refractivity contribution in [1.29, 1.82) is 0 Å². The van der Waals surface area contributed by atoms with E-state index in [1.54, 1.807) is 37.4 Å². The van der Waals surface area contributed by atoms with E-state index in [0.717, 1.165) is 5.56 Å². The van der Waals surface area contributed by atoms with Crippen LogP contribution in [0.1, 0.15) is 16.1 Å². The molecule has 0 aliphatic carbocycles. The number of carbonyl (C=O) groups is 1. The summed E-state index contributed by atoms with van der Waals surface area (Å²) in [5.41, 5.74) is 1.65. The van der Waals surface area contributed by atoms with Gasteiger partial charge in [-0.15, -0.1) is 0 Å². The minimum Gasteiger partial charge on any atom is -0.497 e. The van der Waals surface area contributed by atoms with Crippen LogP contribution in [0.15, 0.2) is 89.5 Å². The van der Waals surface area contributed by atoms with E-state index in [4.69, 9.17) is 18.7 Å². The number of nitrogens with zero attached hydrogens (tertiary/aromatic N) is 1. The first kappa shape index (κ1) is 19.3. The van der Waals surface area contributed by atoms with Crippen LogP contribution in [0, 0.1) is 0 Å². The van der Waals surface area contributed by atoms with Gasteiger partial charge >= 0.3 is 5.97 Å². The van der Waals surface area contributed by atoms with Crippen molar-refractivity contribution >= 4 is 5.97 Å². The fourth-order valence-electron chi connectivity index (χ4n) is 2.85. The second kappa shape index (κ2) is 8.96. The maximum atomic E-state index is 12.6. The van der Waals surface area contributed by atoms with Gasteiger partial charge in [0.15, 0.2) is 5.76 Å². The van der Waals surface area contributed by atoms with Crippen molar-refractivity contribution < 1.29 is 23.5 Å². The zero-order valence-electron chi connectivity index (χ0n) is 16.3. The van der Waals surface area contributed by atoms with E-state index in [-0.39, 0.29) is 6.61 Å². The van der Waals surface area contributed by atoms with Crippen LogP contribution in [-0.2, 0) is 11.3 Å². The zero-order chi connectivity index (χ0) is 20.8. The number of aromatic nitrogens is 1. The molecule has 0 fully saturated rings. The molecule has 4 aromatic rings. The average molecular weight is 401 g/mol. The van der Waals surface area contributed by atoms with E-state index in [2.05, 4.69) is 5.16 Å². The molecule has 0 amide bonds. The molecule has 0 aliphatic heterocycles. The van der Waals surface area contributed by atoms with Gasteiger partial charge in [0.1, 0.15) is 35.1 Å². The topological polar surface area (TPSA) is 70.8 Å². The summed E-state index contributed by atoms with van der Waals surface area (Å²) in [6.07, 6.45) is 0. The summed E-state index contributed by atoms with van der Waals surface area (Å²) in [5.74, 6) is 1.83. The molecule has 150 valence electrons. The third-order valence-corrected chi connectivity index (χ3v) is 4.34. The Labute approximate surface area is 173 Å². The van der Waals surface area contributed by atoms with E-state index >= 15 is 0 Å². The molecule has 0 unspecified atom stereocenters. The molecule has 1 aromatic heterocycles. The molecule has 30 heavy (non-hydrogen) atoms. The molecule has 0 atom stereocenters. The minimum atomic E-state index is -0.507. The number of para-hydroxylation sites is 2. The molecule has 0 saturated heterocycles. The van der Waals surface area contributed by atoms with Gasteiger partial charge in [-0.25, -0.2) is 4.79 Å². The quantitative estimate of drug-likeness (QED) is 0.381. The SMILES string of the molecule is COc1cccc(-c2cc(COC(=O)c3ccccc3Oc3ccccc3)no2)c1. The molecule has 0 radical (unpaired) electrons. The number of ether oxygens (including phenoxy) is 3. The molecule has 0 bridgehead atoms. The lowest BCUT2D eigenvalue weighted by Crippen LogP contribution is -2.07. The van der Waals surface area contributed by atoms with Crippen LogP contribution in [0.25, 0.3) is 11.3 Å². The number of methoxy groups -OCH3 is 1. The van der Waals surface area contributed by atoms with Crippen LogP contribution in [0.3, 0.4) is 0 Å². The summed E-state index contributed by atoms with van der Waals surface area (Å²) in [4.78, 5) is 12.6. The summed E-state index contributed by atoms with van der Waals surface area (Å²) >= 11 is 0. The summed E-state index contributed by atoms with van der Waals surface area (Å²) in [6, 6.07) is 25.3. The third kappa shape index (κ3) is 4.50. The molecule has 0 saturated carbocycles. The Morgan fingerprint density at radius 2 is 1.67 bits per heavy atom. The first-order valence-electron chi connectivity index (χ1n) is 9.32. The Hall–Kier alpha value is -4.06. The first-order valence-corrected chi connectivity index (χ1v) is 9.32. The summed E-state index contributed by atoms with van der Waals surface area (Å²) < 4.78 is 21.8. The summed E-state index contributed by atoms with van der Waals surface area (Å²) in [7, 11) is 1.60. The van der Waals surface area contributed by atoms with E-state index in [1.165, 1.54) is 0 Å². The van der Waals surface area contributed by atoms with Gasteiger partial charge in [-0.05, 0) is 36.4 Å². The van der Waals surface area contributed by atoms with Crippen LogP contribution in [0.4, 0.5) is 0 Å². The van der Waals surface area contributed by atoms with Crippen molar-refractivity contribution in [1.82, 2.24) is 5.16 Å². The number of hydrogen-bond acceptors (Lipinski definition) is 6. The van der Waals surface area contributed by atoms with Crippen LogP contribution in [0.5, 0.6) is 17.2 Å². The number of esters is 1. The molecule has 0 N–H and O–H groups in total. The normalized spacial score (nSPS) is 10.4. The van der Waals surface area contributed by atoms with Crippen LogP contribution in [0.2, 0.25) is 0 Å². The number of hydrogen-bond donors (Lipinski definition) is 0. The fraction of sp³-hybridized carbons (Fsp3) is 0.0833. The molecule has 6 heteroatoms. The van der Waals surface area contributed by atoms with E-state index in [1.807, 2.05) is 54.6 Å². The highest BCUT2D eigenvalue weighted by atomic mass is 16.5. The smallest absolute Gasteiger partial charge is 0.342 e.